The number of para-hydroxylation sites is 1. The average molecular weight is 588 g/mol. The van der Waals surface area contributed by atoms with Crippen molar-refractivity contribution in [2.75, 3.05) is 11.9 Å². The van der Waals surface area contributed by atoms with Gasteiger partial charge in [0.25, 0.3) is 5.91 Å². The van der Waals surface area contributed by atoms with Gasteiger partial charge in [-0.15, -0.1) is 0 Å². The fraction of sp³-hybridized carbons (Fsp3) is 0.0769. The highest BCUT2D eigenvalue weighted by atomic mass is 35.5. The van der Waals surface area contributed by atoms with Crippen LogP contribution < -0.4 is 15.8 Å². The topological polar surface area (TPSA) is 132 Å². The highest BCUT2D eigenvalue weighted by Gasteiger charge is 2.22. The number of hydrogen-bond donors (Lipinski definition) is 2. The van der Waals surface area contributed by atoms with Gasteiger partial charge in [0.15, 0.2) is 5.82 Å². The molecule has 3 N–H and O–H groups in total. The molecular weight excluding hydrogens is 570 g/mol. The zero-order valence-electron chi connectivity index (χ0n) is 19.9. The molecule has 13 heteroatoms. The van der Waals surface area contributed by atoms with Gasteiger partial charge in [-0.25, -0.2) is 19.3 Å². The lowest BCUT2D eigenvalue weighted by Crippen LogP contribution is -2.14. The van der Waals surface area contributed by atoms with Gasteiger partial charge in [-0.3, -0.25) is 14.6 Å². The Hall–Kier alpha value is -4.12. The highest BCUT2D eigenvalue weighted by Crippen LogP contribution is 2.33. The van der Waals surface area contributed by atoms with Gasteiger partial charge in [-0.05, 0) is 30.3 Å². The van der Waals surface area contributed by atoms with Crippen LogP contribution in [-0.4, -0.2) is 39.0 Å². The number of fused-ring (bicyclic) bond motifs is 1. The summed E-state index contributed by atoms with van der Waals surface area (Å²) in [5.74, 6) is -1.29. The summed E-state index contributed by atoms with van der Waals surface area (Å²) in [7, 11) is 0. The summed E-state index contributed by atoms with van der Waals surface area (Å²) in [5, 5.41) is 4.05. The number of aromatic nitrogens is 3. The third-order valence-electron chi connectivity index (χ3n) is 5.12. The van der Waals surface area contributed by atoms with Crippen molar-refractivity contribution in [1.82, 2.24) is 15.0 Å². The number of nitrogens with two attached hydrogens (primary N) is 1. The van der Waals surface area contributed by atoms with Crippen molar-refractivity contribution in [3.05, 3.63) is 111 Å². The Morgan fingerprint density at radius 1 is 1.03 bits per heavy atom. The molecule has 1 aliphatic rings. The standard InChI is InChI=1S/C15H9Cl3N2O.C11H9FN4O2/c16-8-5-10(17)14(11(18)6-8)15-9-3-1-2-4-12(9)20-13(21)7-19-15;12-7-4-8(10(13)17)11(16-5-7)18-6-9-14-2-1-3-15-9/h1-6H,7H2,(H,20,21);1-5H,6H2,(H2,13,17). The molecule has 2 aromatic carbocycles. The van der Waals surface area contributed by atoms with Crippen molar-refractivity contribution >= 4 is 58.0 Å². The molecule has 0 spiro atoms. The molecule has 198 valence electrons. The fourth-order valence-corrected chi connectivity index (χ4v) is 4.46. The smallest absolute Gasteiger partial charge is 0.254 e. The number of carbonyl (C=O) groups excluding carboxylic acids is 2. The number of aliphatic imine (C=N–C) groups is 1. The van der Waals surface area contributed by atoms with Crippen LogP contribution in [0.5, 0.6) is 5.88 Å². The Balaban J connectivity index is 0.000000183. The number of benzene rings is 2. The second-order valence-electron chi connectivity index (χ2n) is 7.83. The van der Waals surface area contributed by atoms with E-state index in [9.17, 15) is 14.0 Å². The van der Waals surface area contributed by atoms with Crippen LogP contribution >= 0.6 is 34.8 Å². The zero-order valence-corrected chi connectivity index (χ0v) is 22.1. The Labute approximate surface area is 236 Å². The first-order chi connectivity index (χ1) is 18.7. The molecule has 1 aliphatic heterocycles. The average Bonchev–Trinajstić information content (AvgIpc) is 3.07. The summed E-state index contributed by atoms with van der Waals surface area (Å²) >= 11 is 18.5. The minimum atomic E-state index is -0.814. The van der Waals surface area contributed by atoms with Crippen LogP contribution in [-0.2, 0) is 11.4 Å². The molecule has 2 amide bonds. The summed E-state index contributed by atoms with van der Waals surface area (Å²) in [6.07, 6.45) is 4.05. The normalized spacial score (nSPS) is 12.2. The maximum Gasteiger partial charge on any atom is 0.254 e. The van der Waals surface area contributed by atoms with Crippen LogP contribution in [0.4, 0.5) is 10.1 Å². The van der Waals surface area contributed by atoms with Gasteiger partial charge in [0.2, 0.25) is 11.8 Å². The van der Waals surface area contributed by atoms with Crippen molar-refractivity contribution in [3.63, 3.8) is 0 Å². The lowest BCUT2D eigenvalue weighted by Gasteiger charge is -2.12. The molecular formula is C26H18Cl3FN6O3. The van der Waals surface area contributed by atoms with Crippen LogP contribution in [0, 0.1) is 5.82 Å². The van der Waals surface area contributed by atoms with E-state index < -0.39 is 11.7 Å². The number of benzodiazepines with no additional fused rings is 1. The monoisotopic (exact) mass is 586 g/mol. The van der Waals surface area contributed by atoms with Gasteiger partial charge >= 0.3 is 0 Å². The van der Waals surface area contributed by atoms with Crippen molar-refractivity contribution in [1.29, 1.82) is 0 Å². The summed E-state index contributed by atoms with van der Waals surface area (Å²) in [5.41, 5.74) is 7.58. The van der Waals surface area contributed by atoms with E-state index in [1.54, 1.807) is 30.6 Å². The van der Waals surface area contributed by atoms with E-state index in [0.717, 1.165) is 17.8 Å². The van der Waals surface area contributed by atoms with Crippen LogP contribution in [0.1, 0.15) is 27.3 Å². The number of nitrogens with one attached hydrogen (secondary N) is 1. The largest absolute Gasteiger partial charge is 0.469 e. The number of ether oxygens (including phenoxy) is 1. The molecule has 0 fully saturated rings. The fourth-order valence-electron chi connectivity index (χ4n) is 3.46. The van der Waals surface area contributed by atoms with E-state index in [1.807, 2.05) is 24.3 Å². The molecule has 0 radical (unpaired) electrons. The van der Waals surface area contributed by atoms with Gasteiger partial charge in [-0.2, -0.15) is 0 Å². The number of carbonyl (C=O) groups is 2. The predicted octanol–water partition coefficient (Wildman–Crippen LogP) is 5.12. The first-order valence-electron chi connectivity index (χ1n) is 11.2. The molecule has 5 rings (SSSR count). The summed E-state index contributed by atoms with van der Waals surface area (Å²) < 4.78 is 18.2. The molecule has 0 bridgehead atoms. The number of hydrogen-bond acceptors (Lipinski definition) is 7. The molecule has 0 aliphatic carbocycles. The molecule has 0 atom stereocenters. The van der Waals surface area contributed by atoms with Gasteiger partial charge in [-0.1, -0.05) is 53.0 Å². The van der Waals surface area contributed by atoms with Gasteiger partial charge < -0.3 is 15.8 Å². The number of halogens is 4. The molecule has 3 heterocycles. The minimum Gasteiger partial charge on any atom is -0.469 e. The lowest BCUT2D eigenvalue weighted by atomic mass is 10.0. The third-order valence-corrected chi connectivity index (χ3v) is 5.94. The number of primary amides is 1. The number of anilines is 1. The Kier molecular flexibility index (Phi) is 9.03. The van der Waals surface area contributed by atoms with Crippen LogP contribution in [0.2, 0.25) is 15.1 Å². The van der Waals surface area contributed by atoms with E-state index in [-0.39, 0.29) is 30.5 Å². The molecule has 0 unspecified atom stereocenters. The summed E-state index contributed by atoms with van der Waals surface area (Å²) in [4.78, 5) is 38.7. The molecule has 9 nitrogen and oxygen atoms in total. The van der Waals surface area contributed by atoms with Crippen molar-refractivity contribution < 1.29 is 18.7 Å². The number of amides is 2. The molecule has 0 saturated carbocycles. The maximum absolute atomic E-state index is 12.9. The first-order valence-corrected chi connectivity index (χ1v) is 12.3. The summed E-state index contributed by atoms with van der Waals surface area (Å²) in [6.45, 7) is 0.0268. The lowest BCUT2D eigenvalue weighted by molar-refractivity contribution is -0.114. The van der Waals surface area contributed by atoms with Crippen LogP contribution in [0.15, 0.2) is 72.1 Å². The quantitative estimate of drug-likeness (QED) is 0.333. The molecule has 39 heavy (non-hydrogen) atoms. The second kappa shape index (κ2) is 12.6. The van der Waals surface area contributed by atoms with E-state index in [0.29, 0.717) is 37.9 Å². The number of pyridine rings is 1. The number of nitrogens with zero attached hydrogens (tertiary/aromatic N) is 4. The minimum absolute atomic E-state index is 0.0132. The molecule has 0 saturated heterocycles. The van der Waals surface area contributed by atoms with E-state index in [4.69, 9.17) is 45.3 Å². The highest BCUT2D eigenvalue weighted by molar-refractivity contribution is 6.44. The molecule has 2 aromatic heterocycles. The maximum atomic E-state index is 12.9. The second-order valence-corrected chi connectivity index (χ2v) is 9.08. The van der Waals surface area contributed by atoms with Crippen molar-refractivity contribution in [2.24, 2.45) is 10.7 Å². The van der Waals surface area contributed by atoms with Crippen LogP contribution in [0.25, 0.3) is 0 Å². The van der Waals surface area contributed by atoms with Gasteiger partial charge in [0.1, 0.15) is 24.5 Å². The van der Waals surface area contributed by atoms with Crippen molar-refractivity contribution in [2.45, 2.75) is 6.61 Å². The van der Waals surface area contributed by atoms with E-state index in [2.05, 4.69) is 25.3 Å². The van der Waals surface area contributed by atoms with Crippen LogP contribution in [0.3, 0.4) is 0 Å². The van der Waals surface area contributed by atoms with Gasteiger partial charge in [0.05, 0.1) is 27.6 Å². The van der Waals surface area contributed by atoms with E-state index in [1.165, 1.54) is 0 Å². The first kappa shape index (κ1) is 27.9. The SMILES string of the molecule is NC(=O)c1cc(F)cnc1OCc1ncccn1.O=C1CN=C(c2c(Cl)cc(Cl)cc2Cl)c2ccccc2N1. The predicted molar refractivity (Wildman–Crippen MR) is 146 cm³/mol. The Morgan fingerprint density at radius 3 is 2.41 bits per heavy atom. The number of rotatable bonds is 5. The molecule has 4 aromatic rings. The van der Waals surface area contributed by atoms with E-state index >= 15 is 0 Å². The third kappa shape index (κ3) is 7.05. The Bertz CT molecular complexity index is 1550. The Morgan fingerprint density at radius 2 is 1.72 bits per heavy atom. The summed E-state index contributed by atoms with van der Waals surface area (Å²) in [6, 6.07) is 13.2. The van der Waals surface area contributed by atoms with Crippen molar-refractivity contribution in [3.8, 4) is 5.88 Å². The van der Waals surface area contributed by atoms with Gasteiger partial charge in [0, 0.05) is 28.5 Å². The zero-order chi connectivity index (χ0) is 27.9.